The number of nitrogens with zero attached hydrogens (tertiary/aromatic N) is 3. The fourth-order valence-corrected chi connectivity index (χ4v) is 6.40. The molecule has 2 atom stereocenters. The summed E-state index contributed by atoms with van der Waals surface area (Å²) in [4.78, 5) is 47.2. The molecule has 286 valence electrons. The van der Waals surface area contributed by atoms with Crippen LogP contribution in [-0.2, 0) is 14.3 Å². The molecule has 0 bridgehead atoms. The minimum Gasteiger partial charge on any atom is -0.493 e. The van der Waals surface area contributed by atoms with Crippen LogP contribution in [-0.4, -0.2) is 85.7 Å². The van der Waals surface area contributed by atoms with E-state index in [0.29, 0.717) is 72.5 Å². The van der Waals surface area contributed by atoms with Crippen LogP contribution in [0.5, 0.6) is 23.0 Å². The fourth-order valence-electron chi connectivity index (χ4n) is 6.40. The third-order valence-corrected chi connectivity index (χ3v) is 9.67. The van der Waals surface area contributed by atoms with E-state index in [0.717, 1.165) is 32.1 Å². The SMILES string of the molecule is COc1cc2c(Oc3ccc(NC(=O)[C@]4(C(=O)Nc5ccc(F)cc5)C[C@H]4C)cc3F)ccnc2cc1OCCCN1CCN(C(=O)OCC(C)C)CC1. The van der Waals surface area contributed by atoms with Gasteiger partial charge in [-0.15, -0.1) is 0 Å². The van der Waals surface area contributed by atoms with Crippen LogP contribution in [0, 0.1) is 28.9 Å². The number of benzene rings is 3. The van der Waals surface area contributed by atoms with E-state index in [4.69, 9.17) is 18.9 Å². The van der Waals surface area contributed by atoms with Crippen molar-refractivity contribution in [1.29, 1.82) is 0 Å². The molecule has 1 aliphatic heterocycles. The first kappa shape index (κ1) is 38.2. The first-order valence-corrected chi connectivity index (χ1v) is 18.1. The minimum atomic E-state index is -1.33. The average Bonchev–Trinajstić information content (AvgIpc) is 3.86. The van der Waals surface area contributed by atoms with Gasteiger partial charge in [0.2, 0.25) is 11.8 Å². The molecule has 2 N–H and O–H groups in total. The van der Waals surface area contributed by atoms with Crippen LogP contribution in [0.25, 0.3) is 10.9 Å². The van der Waals surface area contributed by atoms with E-state index < -0.39 is 28.9 Å². The summed E-state index contributed by atoms with van der Waals surface area (Å²) >= 11 is 0. The molecule has 2 aliphatic rings. The summed E-state index contributed by atoms with van der Waals surface area (Å²) < 4.78 is 51.8. The monoisotopic (exact) mass is 745 g/mol. The Morgan fingerprint density at radius 3 is 2.22 bits per heavy atom. The molecule has 0 unspecified atom stereocenters. The topological polar surface area (TPSA) is 132 Å². The van der Waals surface area contributed by atoms with Crippen molar-refractivity contribution in [2.45, 2.75) is 33.6 Å². The van der Waals surface area contributed by atoms with Crippen molar-refractivity contribution >= 4 is 40.2 Å². The summed E-state index contributed by atoms with van der Waals surface area (Å²) in [5, 5.41) is 5.92. The van der Waals surface area contributed by atoms with Gasteiger partial charge in [-0.2, -0.15) is 0 Å². The number of carbonyl (C=O) groups is 3. The number of carbonyl (C=O) groups excluding carboxylic acids is 3. The minimum absolute atomic E-state index is 0.0865. The van der Waals surface area contributed by atoms with E-state index in [-0.39, 0.29) is 23.4 Å². The summed E-state index contributed by atoms with van der Waals surface area (Å²) in [5.74, 6) is -0.988. The third-order valence-electron chi connectivity index (χ3n) is 9.67. The van der Waals surface area contributed by atoms with Gasteiger partial charge in [-0.1, -0.05) is 20.8 Å². The second kappa shape index (κ2) is 16.7. The second-order valence-electron chi connectivity index (χ2n) is 14.1. The summed E-state index contributed by atoms with van der Waals surface area (Å²) in [7, 11) is 1.53. The number of ether oxygens (including phenoxy) is 4. The van der Waals surface area contributed by atoms with Gasteiger partial charge >= 0.3 is 6.09 Å². The van der Waals surface area contributed by atoms with E-state index in [1.807, 2.05) is 13.8 Å². The number of nitrogens with one attached hydrogen (secondary N) is 2. The number of hydrogen-bond acceptors (Lipinski definition) is 9. The zero-order valence-corrected chi connectivity index (χ0v) is 30.8. The zero-order valence-electron chi connectivity index (χ0n) is 30.8. The zero-order chi connectivity index (χ0) is 38.4. The van der Waals surface area contributed by atoms with Gasteiger partial charge in [-0.3, -0.25) is 19.5 Å². The van der Waals surface area contributed by atoms with Crippen molar-refractivity contribution in [2.75, 3.05) is 63.7 Å². The molecular weight excluding hydrogens is 700 g/mol. The first-order valence-electron chi connectivity index (χ1n) is 18.1. The maximum atomic E-state index is 15.4. The molecule has 54 heavy (non-hydrogen) atoms. The summed E-state index contributed by atoms with van der Waals surface area (Å²) in [6.45, 7) is 10.2. The number of methoxy groups -OCH3 is 1. The molecule has 1 saturated carbocycles. The average molecular weight is 746 g/mol. The number of anilines is 2. The molecule has 3 aromatic carbocycles. The molecule has 2 heterocycles. The molecule has 6 rings (SSSR count). The van der Waals surface area contributed by atoms with E-state index in [2.05, 4.69) is 20.5 Å². The third kappa shape index (κ3) is 8.82. The van der Waals surface area contributed by atoms with Crippen LogP contribution in [0.2, 0.25) is 0 Å². The lowest BCUT2D eigenvalue weighted by Gasteiger charge is -2.34. The predicted octanol–water partition coefficient (Wildman–Crippen LogP) is 7.10. The smallest absolute Gasteiger partial charge is 0.409 e. The lowest BCUT2D eigenvalue weighted by Crippen LogP contribution is -2.49. The number of aromatic nitrogens is 1. The maximum absolute atomic E-state index is 15.4. The Labute approximate surface area is 312 Å². The Morgan fingerprint density at radius 2 is 1.57 bits per heavy atom. The highest BCUT2D eigenvalue weighted by Crippen LogP contribution is 2.54. The number of fused-ring (bicyclic) bond motifs is 1. The number of hydrogen-bond donors (Lipinski definition) is 2. The molecule has 0 radical (unpaired) electrons. The molecule has 0 spiro atoms. The van der Waals surface area contributed by atoms with Gasteiger partial charge in [0.1, 0.15) is 17.0 Å². The van der Waals surface area contributed by atoms with Gasteiger partial charge in [0.25, 0.3) is 0 Å². The normalized spacial score (nSPS) is 18.3. The van der Waals surface area contributed by atoms with Crippen LogP contribution >= 0.6 is 0 Å². The highest BCUT2D eigenvalue weighted by Gasteiger charge is 2.63. The van der Waals surface area contributed by atoms with Crippen molar-refractivity contribution in [2.24, 2.45) is 17.3 Å². The standard InChI is InChI=1S/C40H45F2N5O7/c1-25(2)24-53-39(50)47-17-15-46(16-18-47)14-5-19-52-36-22-32-30(21-35(36)51-4)33(12-13-43-32)54-34-11-10-29(20-31(34)42)45-38(49)40(23-26(40)3)37(48)44-28-8-6-27(41)7-9-28/h6-13,20-22,25-26H,5,14-19,23-24H2,1-4H3,(H,44,48)(H,45,49)/t26-,40-/m1/s1. The van der Waals surface area contributed by atoms with Gasteiger partial charge in [0.15, 0.2) is 23.1 Å². The molecule has 4 aromatic rings. The summed E-state index contributed by atoms with van der Waals surface area (Å²) in [6.07, 6.45) is 2.37. The van der Waals surface area contributed by atoms with Gasteiger partial charge in [0.05, 0.1) is 25.8 Å². The highest BCUT2D eigenvalue weighted by atomic mass is 19.1. The number of piperazine rings is 1. The molecule has 12 nitrogen and oxygen atoms in total. The molecule has 3 amide bonds. The number of halogens is 2. The Hall–Kier alpha value is -5.50. The maximum Gasteiger partial charge on any atom is 0.409 e. The number of amides is 3. The van der Waals surface area contributed by atoms with Crippen LogP contribution in [0.15, 0.2) is 66.9 Å². The van der Waals surface area contributed by atoms with Gasteiger partial charge < -0.3 is 34.5 Å². The number of rotatable bonds is 14. The van der Waals surface area contributed by atoms with Crippen molar-refractivity contribution in [3.8, 4) is 23.0 Å². The Kier molecular flexibility index (Phi) is 11.8. The Morgan fingerprint density at radius 1 is 0.889 bits per heavy atom. The summed E-state index contributed by atoms with van der Waals surface area (Å²) in [5.41, 5.74) is -0.259. The molecule has 1 aromatic heterocycles. The second-order valence-corrected chi connectivity index (χ2v) is 14.1. The molecular formula is C40H45F2N5O7. The van der Waals surface area contributed by atoms with Crippen molar-refractivity contribution in [3.63, 3.8) is 0 Å². The highest BCUT2D eigenvalue weighted by molar-refractivity contribution is 6.17. The van der Waals surface area contributed by atoms with Crippen LogP contribution in [0.4, 0.5) is 25.0 Å². The van der Waals surface area contributed by atoms with E-state index in [9.17, 15) is 18.8 Å². The van der Waals surface area contributed by atoms with Gasteiger partial charge in [-0.25, -0.2) is 13.6 Å². The molecule has 2 fully saturated rings. The largest absolute Gasteiger partial charge is 0.493 e. The van der Waals surface area contributed by atoms with Gasteiger partial charge in [0, 0.05) is 67.8 Å². The number of pyridine rings is 1. The van der Waals surface area contributed by atoms with Crippen LogP contribution < -0.4 is 24.8 Å². The fraction of sp³-hybridized carbons (Fsp3) is 0.400. The predicted molar refractivity (Wildman–Crippen MR) is 199 cm³/mol. The molecule has 1 saturated heterocycles. The van der Waals surface area contributed by atoms with E-state index in [1.165, 1.54) is 43.5 Å². The molecule has 14 heteroatoms. The van der Waals surface area contributed by atoms with Crippen molar-refractivity contribution < 1.29 is 42.1 Å². The summed E-state index contributed by atoms with van der Waals surface area (Å²) in [6, 6.07) is 14.4. The van der Waals surface area contributed by atoms with Crippen LogP contribution in [0.1, 0.15) is 33.6 Å². The first-order chi connectivity index (χ1) is 26.0. The van der Waals surface area contributed by atoms with Crippen molar-refractivity contribution in [3.05, 3.63) is 78.5 Å². The van der Waals surface area contributed by atoms with Crippen molar-refractivity contribution in [1.82, 2.24) is 14.8 Å². The Balaban J connectivity index is 1.04. The lowest BCUT2D eigenvalue weighted by atomic mass is 10.0. The quantitative estimate of drug-likeness (QED) is 0.103. The van der Waals surface area contributed by atoms with Gasteiger partial charge in [-0.05, 0) is 73.2 Å². The van der Waals surface area contributed by atoms with Crippen LogP contribution in [0.3, 0.4) is 0 Å². The Bertz CT molecular complexity index is 1990. The van der Waals surface area contributed by atoms with E-state index in [1.54, 1.807) is 36.2 Å². The molecule has 1 aliphatic carbocycles. The van der Waals surface area contributed by atoms with E-state index >= 15 is 4.39 Å². The lowest BCUT2D eigenvalue weighted by molar-refractivity contribution is -0.131.